The van der Waals surface area contributed by atoms with Gasteiger partial charge in [0, 0.05) is 23.2 Å². The highest BCUT2D eigenvalue weighted by molar-refractivity contribution is 7.21. The second-order valence-corrected chi connectivity index (χ2v) is 6.94. The number of nitrogen functional groups attached to an aromatic ring is 1. The maximum atomic E-state index is 12.4. The van der Waals surface area contributed by atoms with E-state index in [1.807, 2.05) is 25.1 Å². The Balaban J connectivity index is 1.75. The monoisotopic (exact) mass is 303 g/mol. The minimum atomic E-state index is -0.0392. The number of nitrogens with two attached hydrogens (primary N) is 1. The third kappa shape index (κ3) is 2.76. The molecule has 1 saturated heterocycles. The van der Waals surface area contributed by atoms with Crippen molar-refractivity contribution in [1.29, 1.82) is 0 Å². The first-order chi connectivity index (χ1) is 10.1. The van der Waals surface area contributed by atoms with Gasteiger partial charge in [0.2, 0.25) is 0 Å². The Hall–Kier alpha value is -1.59. The molecule has 1 fully saturated rings. The highest BCUT2D eigenvalue weighted by atomic mass is 32.1. The van der Waals surface area contributed by atoms with Crippen LogP contribution in [0.5, 0.6) is 0 Å². The van der Waals surface area contributed by atoms with Crippen LogP contribution in [0.4, 0.5) is 5.69 Å². The number of hydrogen-bond donors (Lipinski definition) is 2. The van der Waals surface area contributed by atoms with Gasteiger partial charge in [0.1, 0.15) is 4.88 Å². The third-order valence-electron chi connectivity index (χ3n) is 4.20. The molecule has 0 spiro atoms. The van der Waals surface area contributed by atoms with Crippen LogP contribution < -0.4 is 11.1 Å². The molecule has 1 unspecified atom stereocenters. The molecule has 3 rings (SSSR count). The number of thiophene rings is 1. The molecule has 1 aromatic carbocycles. The zero-order chi connectivity index (χ0) is 15.0. The number of fused-ring (bicyclic) bond motifs is 1. The van der Waals surface area contributed by atoms with E-state index in [2.05, 4.69) is 17.3 Å². The molecular formula is C16H21N3OS. The third-order valence-corrected chi connectivity index (χ3v) is 5.55. The molecule has 1 amide bonds. The van der Waals surface area contributed by atoms with Crippen LogP contribution in [-0.2, 0) is 0 Å². The molecule has 1 aliphatic rings. The molecule has 1 aliphatic heterocycles. The topological polar surface area (TPSA) is 58.4 Å². The normalized spacial score (nSPS) is 19.2. The summed E-state index contributed by atoms with van der Waals surface area (Å²) in [6.07, 6.45) is 1.15. The number of likely N-dealkylation sites (tertiary alicyclic amines) is 1. The molecule has 1 aromatic heterocycles. The first kappa shape index (κ1) is 14.4. The van der Waals surface area contributed by atoms with Gasteiger partial charge in [0.15, 0.2) is 0 Å². The minimum Gasteiger partial charge on any atom is -0.397 e. The lowest BCUT2D eigenvalue weighted by molar-refractivity contribution is 0.0952. The van der Waals surface area contributed by atoms with Gasteiger partial charge in [-0.1, -0.05) is 18.2 Å². The number of rotatable bonds is 3. The van der Waals surface area contributed by atoms with Crippen LogP contribution >= 0.6 is 11.3 Å². The van der Waals surface area contributed by atoms with Crippen molar-refractivity contribution in [1.82, 2.24) is 10.2 Å². The molecule has 1 atom stereocenters. The highest BCUT2D eigenvalue weighted by Crippen LogP contribution is 2.35. The largest absolute Gasteiger partial charge is 0.397 e. The van der Waals surface area contributed by atoms with E-state index in [1.54, 1.807) is 0 Å². The SMILES string of the molecule is Cc1cccc2c(N)c(C(=O)NCC3CCN(C)C3)sc12. The van der Waals surface area contributed by atoms with E-state index < -0.39 is 0 Å². The summed E-state index contributed by atoms with van der Waals surface area (Å²) in [5, 5.41) is 4.04. The average Bonchev–Trinajstić information content (AvgIpc) is 3.02. The van der Waals surface area contributed by atoms with Gasteiger partial charge in [-0.25, -0.2) is 0 Å². The van der Waals surface area contributed by atoms with E-state index >= 15 is 0 Å². The summed E-state index contributed by atoms with van der Waals surface area (Å²) in [5.74, 6) is 0.513. The number of carbonyl (C=O) groups is 1. The van der Waals surface area contributed by atoms with E-state index in [1.165, 1.54) is 16.9 Å². The van der Waals surface area contributed by atoms with Crippen LogP contribution in [0.15, 0.2) is 18.2 Å². The van der Waals surface area contributed by atoms with Gasteiger partial charge in [-0.3, -0.25) is 4.79 Å². The number of nitrogens with zero attached hydrogens (tertiary/aromatic N) is 1. The zero-order valence-electron chi connectivity index (χ0n) is 12.5. The molecule has 5 heteroatoms. The number of amides is 1. The smallest absolute Gasteiger partial charge is 0.263 e. The van der Waals surface area contributed by atoms with Gasteiger partial charge in [-0.05, 0) is 38.4 Å². The average molecular weight is 303 g/mol. The van der Waals surface area contributed by atoms with Crippen LogP contribution in [-0.4, -0.2) is 37.5 Å². The van der Waals surface area contributed by atoms with E-state index in [0.29, 0.717) is 16.5 Å². The molecule has 2 aromatic rings. The van der Waals surface area contributed by atoms with Gasteiger partial charge >= 0.3 is 0 Å². The van der Waals surface area contributed by atoms with Crippen LogP contribution in [0.1, 0.15) is 21.7 Å². The van der Waals surface area contributed by atoms with Crippen molar-refractivity contribution < 1.29 is 4.79 Å². The van der Waals surface area contributed by atoms with Crippen molar-refractivity contribution in [2.24, 2.45) is 5.92 Å². The molecule has 0 aliphatic carbocycles. The number of hydrogen-bond acceptors (Lipinski definition) is 4. The summed E-state index contributed by atoms with van der Waals surface area (Å²) in [4.78, 5) is 15.3. The molecular weight excluding hydrogens is 282 g/mol. The van der Waals surface area contributed by atoms with Crippen LogP contribution in [0.2, 0.25) is 0 Å². The lowest BCUT2D eigenvalue weighted by atomic mass is 10.1. The first-order valence-corrected chi connectivity index (χ1v) is 8.12. The van der Waals surface area contributed by atoms with Gasteiger partial charge < -0.3 is 16.0 Å². The fraction of sp³-hybridized carbons (Fsp3) is 0.438. The van der Waals surface area contributed by atoms with Crippen molar-refractivity contribution >= 4 is 33.0 Å². The predicted molar refractivity (Wildman–Crippen MR) is 88.9 cm³/mol. The Morgan fingerprint density at radius 1 is 1.52 bits per heavy atom. The fourth-order valence-corrected chi connectivity index (χ4v) is 4.06. The van der Waals surface area contributed by atoms with E-state index in [0.717, 1.165) is 36.1 Å². The van der Waals surface area contributed by atoms with Gasteiger partial charge in [0.05, 0.1) is 5.69 Å². The number of carbonyl (C=O) groups excluding carboxylic acids is 1. The van der Waals surface area contributed by atoms with Crippen molar-refractivity contribution in [3.63, 3.8) is 0 Å². The Kier molecular flexibility index (Phi) is 3.87. The van der Waals surface area contributed by atoms with E-state index in [4.69, 9.17) is 5.73 Å². The lowest BCUT2D eigenvalue weighted by Gasteiger charge is -2.11. The summed E-state index contributed by atoms with van der Waals surface area (Å²) in [6.45, 7) is 4.95. The molecule has 0 bridgehead atoms. The lowest BCUT2D eigenvalue weighted by Crippen LogP contribution is -2.30. The Morgan fingerprint density at radius 2 is 2.33 bits per heavy atom. The molecule has 21 heavy (non-hydrogen) atoms. The number of benzene rings is 1. The molecule has 4 nitrogen and oxygen atoms in total. The Morgan fingerprint density at radius 3 is 3.00 bits per heavy atom. The second kappa shape index (κ2) is 5.66. The predicted octanol–water partition coefficient (Wildman–Crippen LogP) is 2.47. The van der Waals surface area contributed by atoms with E-state index in [9.17, 15) is 4.79 Å². The standard InChI is InChI=1S/C16H21N3OS/c1-10-4-3-5-12-13(17)15(21-14(10)12)16(20)18-8-11-6-7-19(2)9-11/h3-5,11H,6-9,17H2,1-2H3,(H,18,20). The molecule has 3 N–H and O–H groups in total. The maximum Gasteiger partial charge on any atom is 0.263 e. The summed E-state index contributed by atoms with van der Waals surface area (Å²) >= 11 is 1.49. The minimum absolute atomic E-state index is 0.0392. The zero-order valence-corrected chi connectivity index (χ0v) is 13.3. The van der Waals surface area contributed by atoms with Crippen molar-refractivity contribution in [2.75, 3.05) is 32.4 Å². The summed E-state index contributed by atoms with van der Waals surface area (Å²) in [6, 6.07) is 6.02. The van der Waals surface area contributed by atoms with E-state index in [-0.39, 0.29) is 5.91 Å². The van der Waals surface area contributed by atoms with Crippen molar-refractivity contribution in [3.8, 4) is 0 Å². The first-order valence-electron chi connectivity index (χ1n) is 7.30. The van der Waals surface area contributed by atoms with Gasteiger partial charge in [-0.2, -0.15) is 0 Å². The molecule has 0 radical (unpaired) electrons. The Bertz CT molecular complexity index is 679. The summed E-state index contributed by atoms with van der Waals surface area (Å²) in [5.41, 5.74) is 7.93. The fourth-order valence-electron chi connectivity index (χ4n) is 2.96. The molecule has 2 heterocycles. The van der Waals surface area contributed by atoms with Crippen LogP contribution in [0.25, 0.3) is 10.1 Å². The quantitative estimate of drug-likeness (QED) is 0.916. The number of aryl methyl sites for hydroxylation is 1. The second-order valence-electron chi connectivity index (χ2n) is 5.92. The number of nitrogens with one attached hydrogen (secondary N) is 1. The highest BCUT2D eigenvalue weighted by Gasteiger charge is 2.22. The Labute approximate surface area is 128 Å². The van der Waals surface area contributed by atoms with Crippen molar-refractivity contribution in [3.05, 3.63) is 28.6 Å². The van der Waals surface area contributed by atoms with Crippen LogP contribution in [0.3, 0.4) is 0 Å². The maximum absolute atomic E-state index is 12.4. The summed E-state index contributed by atoms with van der Waals surface area (Å²) < 4.78 is 1.11. The van der Waals surface area contributed by atoms with Crippen molar-refractivity contribution in [2.45, 2.75) is 13.3 Å². The molecule has 112 valence electrons. The number of anilines is 1. The van der Waals surface area contributed by atoms with Gasteiger partial charge in [0.25, 0.3) is 5.91 Å². The summed E-state index contributed by atoms with van der Waals surface area (Å²) in [7, 11) is 2.12. The molecule has 0 saturated carbocycles. The van der Waals surface area contributed by atoms with Gasteiger partial charge in [-0.15, -0.1) is 11.3 Å². The van der Waals surface area contributed by atoms with Crippen LogP contribution in [0, 0.1) is 12.8 Å².